The number of carbonyl (C=O) groups is 1. The Morgan fingerprint density at radius 1 is 1.71 bits per heavy atom. The molecule has 0 aliphatic carbocycles. The fraction of sp³-hybridized carbons (Fsp3) is 0.200. The number of hydrogen-bond acceptors (Lipinski definition) is 3. The second kappa shape index (κ2) is 4.87. The molecule has 0 bridgehead atoms. The predicted octanol–water partition coefficient (Wildman–Crippen LogP) is 0.486. The number of aromatic nitrogens is 1. The molecular formula is C10H11N3O. The summed E-state index contributed by atoms with van der Waals surface area (Å²) in [6, 6.07) is 3.40. The first-order valence-corrected chi connectivity index (χ1v) is 4.13. The third-order valence-electron chi connectivity index (χ3n) is 1.61. The van der Waals surface area contributed by atoms with Gasteiger partial charge in [-0.2, -0.15) is 0 Å². The number of pyridine rings is 1. The van der Waals surface area contributed by atoms with Crippen molar-refractivity contribution >= 4 is 11.6 Å². The lowest BCUT2D eigenvalue weighted by atomic mass is 10.3. The summed E-state index contributed by atoms with van der Waals surface area (Å²) in [5, 5.41) is 5.45. The van der Waals surface area contributed by atoms with Crippen LogP contribution < -0.4 is 10.6 Å². The molecule has 0 spiro atoms. The summed E-state index contributed by atoms with van der Waals surface area (Å²) >= 11 is 0. The standard InChI is InChI=1S/C10H11N3O/c1-3-5-12-8-4-6-13-9(7-8)10(14)11-2/h1,4,6-7H,5H2,2H3,(H,11,14)(H,12,13). The first kappa shape index (κ1) is 10.1. The number of terminal acetylenes is 1. The smallest absolute Gasteiger partial charge is 0.269 e. The molecule has 0 saturated heterocycles. The number of nitrogens with zero attached hydrogens (tertiary/aromatic N) is 1. The van der Waals surface area contributed by atoms with Crippen LogP contribution in [0.5, 0.6) is 0 Å². The molecule has 1 aromatic heterocycles. The van der Waals surface area contributed by atoms with Gasteiger partial charge < -0.3 is 10.6 Å². The molecule has 72 valence electrons. The Labute approximate surface area is 82.7 Å². The molecule has 0 aromatic carbocycles. The van der Waals surface area contributed by atoms with E-state index in [0.717, 1.165) is 5.69 Å². The van der Waals surface area contributed by atoms with Crippen molar-refractivity contribution in [1.82, 2.24) is 10.3 Å². The molecule has 1 heterocycles. The molecule has 1 aromatic rings. The van der Waals surface area contributed by atoms with Crippen molar-refractivity contribution in [3.8, 4) is 12.3 Å². The Hall–Kier alpha value is -2.02. The van der Waals surface area contributed by atoms with Gasteiger partial charge in [-0.15, -0.1) is 6.42 Å². The van der Waals surface area contributed by atoms with Gasteiger partial charge in [-0.25, -0.2) is 0 Å². The minimum Gasteiger partial charge on any atom is -0.374 e. The molecule has 2 N–H and O–H groups in total. The topological polar surface area (TPSA) is 54.0 Å². The van der Waals surface area contributed by atoms with Crippen molar-refractivity contribution in [2.75, 3.05) is 18.9 Å². The third kappa shape index (κ3) is 2.49. The van der Waals surface area contributed by atoms with E-state index in [0.29, 0.717) is 12.2 Å². The van der Waals surface area contributed by atoms with E-state index in [2.05, 4.69) is 21.5 Å². The number of amides is 1. The first-order valence-electron chi connectivity index (χ1n) is 4.13. The normalized spacial score (nSPS) is 8.86. The number of hydrogen-bond donors (Lipinski definition) is 2. The Morgan fingerprint density at radius 2 is 2.50 bits per heavy atom. The minimum absolute atomic E-state index is 0.214. The van der Waals surface area contributed by atoms with Crippen LogP contribution in [-0.4, -0.2) is 24.5 Å². The van der Waals surface area contributed by atoms with Crippen LogP contribution in [0.3, 0.4) is 0 Å². The highest BCUT2D eigenvalue weighted by Crippen LogP contribution is 2.06. The van der Waals surface area contributed by atoms with Crippen molar-refractivity contribution in [2.45, 2.75) is 0 Å². The van der Waals surface area contributed by atoms with E-state index in [9.17, 15) is 4.79 Å². The van der Waals surface area contributed by atoms with E-state index in [1.165, 1.54) is 0 Å². The van der Waals surface area contributed by atoms with Crippen LogP contribution in [-0.2, 0) is 0 Å². The number of carbonyl (C=O) groups excluding carboxylic acids is 1. The maximum absolute atomic E-state index is 11.2. The average molecular weight is 189 g/mol. The summed E-state index contributed by atoms with van der Waals surface area (Å²) in [5.41, 5.74) is 1.16. The van der Waals surface area contributed by atoms with Crippen LogP contribution in [0.4, 0.5) is 5.69 Å². The molecule has 0 saturated carbocycles. The van der Waals surface area contributed by atoms with Gasteiger partial charge in [0.25, 0.3) is 5.91 Å². The molecule has 4 nitrogen and oxygen atoms in total. The quantitative estimate of drug-likeness (QED) is 0.680. The van der Waals surface area contributed by atoms with Gasteiger partial charge >= 0.3 is 0 Å². The highest BCUT2D eigenvalue weighted by Gasteiger charge is 2.04. The maximum atomic E-state index is 11.2. The summed E-state index contributed by atoms with van der Waals surface area (Å²) < 4.78 is 0. The number of anilines is 1. The van der Waals surface area contributed by atoms with Crippen LogP contribution in [0.1, 0.15) is 10.5 Å². The van der Waals surface area contributed by atoms with Gasteiger partial charge in [-0.05, 0) is 12.1 Å². The fourth-order valence-electron chi connectivity index (χ4n) is 0.946. The molecule has 4 heteroatoms. The molecule has 0 aliphatic heterocycles. The average Bonchev–Trinajstić information content (AvgIpc) is 2.25. The van der Waals surface area contributed by atoms with E-state index in [-0.39, 0.29) is 5.91 Å². The van der Waals surface area contributed by atoms with Gasteiger partial charge in [-0.3, -0.25) is 9.78 Å². The number of rotatable bonds is 3. The Kier molecular flexibility index (Phi) is 3.50. The minimum atomic E-state index is -0.214. The number of nitrogens with one attached hydrogen (secondary N) is 2. The molecule has 0 fully saturated rings. The molecular weight excluding hydrogens is 178 g/mol. The molecule has 0 unspecified atom stereocenters. The fourth-order valence-corrected chi connectivity index (χ4v) is 0.946. The van der Waals surface area contributed by atoms with Gasteiger partial charge in [0.2, 0.25) is 0 Å². The Balaban J connectivity index is 2.79. The lowest BCUT2D eigenvalue weighted by molar-refractivity contribution is 0.0958. The van der Waals surface area contributed by atoms with Crippen molar-refractivity contribution < 1.29 is 4.79 Å². The summed E-state index contributed by atoms with van der Waals surface area (Å²) in [7, 11) is 1.56. The summed E-state index contributed by atoms with van der Waals surface area (Å²) in [6.45, 7) is 0.428. The molecule has 0 radical (unpaired) electrons. The molecule has 0 atom stereocenters. The zero-order valence-electron chi connectivity index (χ0n) is 7.87. The van der Waals surface area contributed by atoms with Gasteiger partial charge in [0.05, 0.1) is 6.54 Å². The third-order valence-corrected chi connectivity index (χ3v) is 1.61. The van der Waals surface area contributed by atoms with Crippen LogP contribution in [0.25, 0.3) is 0 Å². The van der Waals surface area contributed by atoms with E-state index >= 15 is 0 Å². The van der Waals surface area contributed by atoms with E-state index < -0.39 is 0 Å². The molecule has 14 heavy (non-hydrogen) atoms. The van der Waals surface area contributed by atoms with Crippen LogP contribution in [0, 0.1) is 12.3 Å². The van der Waals surface area contributed by atoms with Gasteiger partial charge in [0.15, 0.2) is 0 Å². The van der Waals surface area contributed by atoms with Crippen molar-refractivity contribution in [3.05, 3.63) is 24.0 Å². The SMILES string of the molecule is C#CCNc1ccnc(C(=O)NC)c1. The first-order chi connectivity index (χ1) is 6.77. The molecule has 1 rings (SSSR count). The largest absolute Gasteiger partial charge is 0.374 e. The van der Waals surface area contributed by atoms with E-state index in [1.807, 2.05) is 0 Å². The van der Waals surface area contributed by atoms with Gasteiger partial charge in [0, 0.05) is 18.9 Å². The summed E-state index contributed by atoms with van der Waals surface area (Å²) in [4.78, 5) is 15.1. The van der Waals surface area contributed by atoms with Gasteiger partial charge in [-0.1, -0.05) is 5.92 Å². The second-order valence-corrected chi connectivity index (χ2v) is 2.57. The van der Waals surface area contributed by atoms with Crippen LogP contribution in [0.2, 0.25) is 0 Å². The summed E-state index contributed by atoms with van der Waals surface area (Å²) in [5.74, 6) is 2.23. The second-order valence-electron chi connectivity index (χ2n) is 2.57. The monoisotopic (exact) mass is 189 g/mol. The highest BCUT2D eigenvalue weighted by atomic mass is 16.1. The van der Waals surface area contributed by atoms with Crippen LogP contribution in [0.15, 0.2) is 18.3 Å². The van der Waals surface area contributed by atoms with Crippen LogP contribution >= 0.6 is 0 Å². The Morgan fingerprint density at radius 3 is 3.14 bits per heavy atom. The zero-order chi connectivity index (χ0) is 10.4. The lowest BCUT2D eigenvalue weighted by Crippen LogP contribution is -2.19. The molecule has 1 amide bonds. The Bertz CT molecular complexity index is 368. The van der Waals surface area contributed by atoms with E-state index in [1.54, 1.807) is 25.4 Å². The summed E-state index contributed by atoms with van der Waals surface area (Å²) in [6.07, 6.45) is 6.65. The maximum Gasteiger partial charge on any atom is 0.269 e. The van der Waals surface area contributed by atoms with E-state index in [4.69, 9.17) is 6.42 Å². The molecule has 0 aliphatic rings. The van der Waals surface area contributed by atoms with Crippen molar-refractivity contribution in [1.29, 1.82) is 0 Å². The van der Waals surface area contributed by atoms with Gasteiger partial charge in [0.1, 0.15) is 5.69 Å². The van der Waals surface area contributed by atoms with Crippen molar-refractivity contribution in [3.63, 3.8) is 0 Å². The highest BCUT2D eigenvalue weighted by molar-refractivity contribution is 5.92. The van der Waals surface area contributed by atoms with Crippen molar-refractivity contribution in [2.24, 2.45) is 0 Å². The zero-order valence-corrected chi connectivity index (χ0v) is 7.87. The lowest BCUT2D eigenvalue weighted by Gasteiger charge is -2.03. The predicted molar refractivity (Wildman–Crippen MR) is 54.9 cm³/mol.